The molecule has 0 saturated carbocycles. The van der Waals surface area contributed by atoms with E-state index in [4.69, 9.17) is 0 Å². The fourth-order valence-electron chi connectivity index (χ4n) is 8.30. The Kier molecular flexibility index (Phi) is 7.37. The molecular weight excluding hydrogens is 639 g/mol. The third-order valence-corrected chi connectivity index (χ3v) is 10.8. The minimum Gasteiger partial charge on any atom is -0.310 e. The van der Waals surface area contributed by atoms with Crippen LogP contribution in [0.1, 0.15) is 11.1 Å². The average Bonchev–Trinajstić information content (AvgIpc) is 3.53. The molecule has 1 heteroatoms. The first-order chi connectivity index (χ1) is 26.2. The van der Waals surface area contributed by atoms with E-state index in [9.17, 15) is 0 Å². The van der Waals surface area contributed by atoms with E-state index in [0.717, 1.165) is 22.6 Å². The first-order valence-corrected chi connectivity index (χ1v) is 18.2. The molecule has 0 radical (unpaired) electrons. The van der Waals surface area contributed by atoms with Gasteiger partial charge in [-0.05, 0) is 108 Å². The van der Waals surface area contributed by atoms with Gasteiger partial charge >= 0.3 is 0 Å². The molecule has 0 aliphatic heterocycles. The van der Waals surface area contributed by atoms with Crippen molar-refractivity contribution in [3.8, 4) is 44.5 Å². The standard InChI is InChI=1S/C52H35N/c1-35-43-18-9-10-21-48(43)49-23-12-24-50(51(35)49)53(41-30-25-39(26-31-41)45-22-11-17-36-15-5-7-19-44(36)45)42-32-27-40(28-33-42)52-46-20-8-6-16-38(46)29-34-47(52)37-13-3-2-4-14-37/h2-34H,1H2. The minimum atomic E-state index is 1.06. The van der Waals surface area contributed by atoms with E-state index in [1.807, 2.05) is 0 Å². The van der Waals surface area contributed by atoms with Crippen molar-refractivity contribution in [2.75, 3.05) is 4.90 Å². The third kappa shape index (κ3) is 5.17. The smallest absolute Gasteiger partial charge is 0.0546 e. The van der Waals surface area contributed by atoms with Crippen molar-refractivity contribution in [3.63, 3.8) is 0 Å². The monoisotopic (exact) mass is 673 g/mol. The molecule has 10 rings (SSSR count). The summed E-state index contributed by atoms with van der Waals surface area (Å²) >= 11 is 0. The molecule has 53 heavy (non-hydrogen) atoms. The first kappa shape index (κ1) is 30.8. The highest BCUT2D eigenvalue weighted by atomic mass is 15.1. The number of rotatable bonds is 6. The molecule has 0 heterocycles. The Morgan fingerprint density at radius 1 is 0.302 bits per heavy atom. The summed E-state index contributed by atoms with van der Waals surface area (Å²) < 4.78 is 0. The van der Waals surface area contributed by atoms with E-state index in [-0.39, 0.29) is 0 Å². The van der Waals surface area contributed by atoms with Gasteiger partial charge in [0.25, 0.3) is 0 Å². The molecule has 1 aliphatic rings. The summed E-state index contributed by atoms with van der Waals surface area (Å²) in [6.07, 6.45) is 0. The summed E-state index contributed by atoms with van der Waals surface area (Å²) in [6.45, 7) is 4.64. The quantitative estimate of drug-likeness (QED) is 0.170. The van der Waals surface area contributed by atoms with Gasteiger partial charge in [-0.15, -0.1) is 0 Å². The SMILES string of the molecule is C=C1c2ccccc2-c2cccc(N(c3ccc(-c4cccc5ccccc45)cc3)c3ccc(-c4c(-c5ccccc5)ccc5ccccc45)cc3)c21. The highest BCUT2D eigenvalue weighted by Gasteiger charge is 2.28. The number of hydrogen-bond acceptors (Lipinski definition) is 1. The second-order valence-corrected chi connectivity index (χ2v) is 13.8. The van der Waals surface area contributed by atoms with Crippen molar-refractivity contribution < 1.29 is 0 Å². The summed E-state index contributed by atoms with van der Waals surface area (Å²) in [7, 11) is 0. The Morgan fingerprint density at radius 2 is 0.830 bits per heavy atom. The fourth-order valence-corrected chi connectivity index (χ4v) is 8.30. The Hall–Kier alpha value is -6.96. The van der Waals surface area contributed by atoms with Crippen molar-refractivity contribution >= 4 is 44.2 Å². The largest absolute Gasteiger partial charge is 0.310 e. The second-order valence-electron chi connectivity index (χ2n) is 13.8. The van der Waals surface area contributed by atoms with E-state index in [0.29, 0.717) is 0 Å². The average molecular weight is 674 g/mol. The zero-order valence-corrected chi connectivity index (χ0v) is 29.2. The van der Waals surface area contributed by atoms with Gasteiger partial charge in [0.15, 0.2) is 0 Å². The molecule has 0 bridgehead atoms. The van der Waals surface area contributed by atoms with Crippen molar-refractivity contribution in [1.29, 1.82) is 0 Å². The molecule has 1 nitrogen and oxygen atoms in total. The zero-order valence-electron chi connectivity index (χ0n) is 29.2. The minimum absolute atomic E-state index is 1.06. The lowest BCUT2D eigenvalue weighted by atomic mass is 9.89. The topological polar surface area (TPSA) is 3.24 Å². The van der Waals surface area contributed by atoms with Gasteiger partial charge in [-0.3, -0.25) is 0 Å². The molecular formula is C52H35N. The van der Waals surface area contributed by atoms with Crippen LogP contribution >= 0.6 is 0 Å². The summed E-state index contributed by atoms with van der Waals surface area (Å²) in [5, 5.41) is 4.98. The number of anilines is 3. The maximum Gasteiger partial charge on any atom is 0.0546 e. The lowest BCUT2D eigenvalue weighted by Crippen LogP contribution is -2.12. The van der Waals surface area contributed by atoms with Crippen LogP contribution in [0.3, 0.4) is 0 Å². The number of benzene rings is 9. The van der Waals surface area contributed by atoms with Crippen LogP contribution in [0.5, 0.6) is 0 Å². The van der Waals surface area contributed by atoms with Crippen molar-refractivity contribution in [3.05, 3.63) is 218 Å². The van der Waals surface area contributed by atoms with Crippen molar-refractivity contribution in [2.45, 2.75) is 0 Å². The Balaban J connectivity index is 1.13. The highest BCUT2D eigenvalue weighted by molar-refractivity contribution is 6.07. The van der Waals surface area contributed by atoms with Crippen LogP contribution in [0.15, 0.2) is 207 Å². The van der Waals surface area contributed by atoms with E-state index >= 15 is 0 Å². The number of hydrogen-bond donors (Lipinski definition) is 0. The molecule has 0 atom stereocenters. The predicted molar refractivity (Wildman–Crippen MR) is 226 cm³/mol. The van der Waals surface area contributed by atoms with E-state index in [1.165, 1.54) is 77.2 Å². The molecule has 0 aromatic heterocycles. The van der Waals surface area contributed by atoms with Gasteiger partial charge in [-0.1, -0.05) is 176 Å². The number of nitrogens with zero attached hydrogens (tertiary/aromatic N) is 1. The maximum absolute atomic E-state index is 4.64. The number of fused-ring (bicyclic) bond motifs is 5. The lowest BCUT2D eigenvalue weighted by molar-refractivity contribution is 1.28. The van der Waals surface area contributed by atoms with Gasteiger partial charge in [0.2, 0.25) is 0 Å². The predicted octanol–water partition coefficient (Wildman–Crippen LogP) is 14.5. The molecule has 0 fully saturated rings. The fraction of sp³-hybridized carbons (Fsp3) is 0. The van der Waals surface area contributed by atoms with Crippen LogP contribution in [0, 0.1) is 0 Å². The Labute approximate surface area is 310 Å². The molecule has 9 aromatic carbocycles. The summed E-state index contributed by atoms with van der Waals surface area (Å²) in [5.41, 5.74) is 16.5. The Bertz CT molecular complexity index is 2820. The van der Waals surface area contributed by atoms with Gasteiger partial charge in [0.1, 0.15) is 0 Å². The van der Waals surface area contributed by atoms with Crippen LogP contribution in [0.2, 0.25) is 0 Å². The molecule has 0 saturated heterocycles. The molecule has 0 N–H and O–H groups in total. The summed E-state index contributed by atoms with van der Waals surface area (Å²) in [4.78, 5) is 2.40. The van der Waals surface area contributed by atoms with Gasteiger partial charge < -0.3 is 4.90 Å². The van der Waals surface area contributed by atoms with Crippen LogP contribution in [-0.2, 0) is 0 Å². The first-order valence-electron chi connectivity index (χ1n) is 18.2. The van der Waals surface area contributed by atoms with Crippen LogP contribution in [0.25, 0.3) is 71.6 Å². The molecule has 0 amide bonds. The van der Waals surface area contributed by atoms with Gasteiger partial charge in [0.05, 0.1) is 5.69 Å². The molecule has 0 spiro atoms. The summed E-state index contributed by atoms with van der Waals surface area (Å²) in [6, 6.07) is 72.5. The molecule has 9 aromatic rings. The molecule has 1 aliphatic carbocycles. The summed E-state index contributed by atoms with van der Waals surface area (Å²) in [5.74, 6) is 0. The van der Waals surface area contributed by atoms with E-state index in [1.54, 1.807) is 0 Å². The van der Waals surface area contributed by atoms with Gasteiger partial charge in [-0.25, -0.2) is 0 Å². The van der Waals surface area contributed by atoms with E-state index < -0.39 is 0 Å². The van der Waals surface area contributed by atoms with E-state index in [2.05, 4.69) is 212 Å². The van der Waals surface area contributed by atoms with Gasteiger partial charge in [-0.2, -0.15) is 0 Å². The maximum atomic E-state index is 4.64. The van der Waals surface area contributed by atoms with Crippen LogP contribution in [0.4, 0.5) is 17.1 Å². The Morgan fingerprint density at radius 3 is 1.58 bits per heavy atom. The van der Waals surface area contributed by atoms with Crippen molar-refractivity contribution in [2.24, 2.45) is 0 Å². The lowest BCUT2D eigenvalue weighted by Gasteiger charge is -2.28. The van der Waals surface area contributed by atoms with Crippen LogP contribution in [-0.4, -0.2) is 0 Å². The van der Waals surface area contributed by atoms with Crippen molar-refractivity contribution in [1.82, 2.24) is 0 Å². The highest BCUT2D eigenvalue weighted by Crippen LogP contribution is 2.51. The van der Waals surface area contributed by atoms with Crippen LogP contribution < -0.4 is 4.90 Å². The zero-order chi connectivity index (χ0) is 35.3. The molecule has 0 unspecified atom stereocenters. The third-order valence-electron chi connectivity index (χ3n) is 10.8. The molecule has 248 valence electrons. The second kappa shape index (κ2) is 12.7. The van der Waals surface area contributed by atoms with Gasteiger partial charge in [0, 0.05) is 16.9 Å². The normalized spacial score (nSPS) is 11.8.